The van der Waals surface area contributed by atoms with E-state index >= 15 is 0 Å². The fourth-order valence-electron chi connectivity index (χ4n) is 1.15. The Morgan fingerprint density at radius 1 is 1.60 bits per heavy atom. The van der Waals surface area contributed by atoms with Crippen molar-refractivity contribution in [1.29, 1.82) is 0 Å². The molecule has 1 heterocycles. The Kier molecular flexibility index (Phi) is 3.59. The van der Waals surface area contributed by atoms with E-state index in [-0.39, 0.29) is 24.2 Å². The van der Waals surface area contributed by atoms with Crippen LogP contribution < -0.4 is 11.5 Å². The average molecular weight is 218 g/mol. The standard InChI is InChI=1S/C8H12F2N4O/c9-6(10)2-1-3-14-4-5(11)7(13-14)8(12)15/h4,6H,1-3,11H2,(H2,12,15). The van der Waals surface area contributed by atoms with Crippen molar-refractivity contribution in [2.45, 2.75) is 25.8 Å². The number of carbonyl (C=O) groups is 1. The summed E-state index contributed by atoms with van der Waals surface area (Å²) >= 11 is 0. The van der Waals surface area contributed by atoms with Gasteiger partial charge in [-0.25, -0.2) is 8.78 Å². The van der Waals surface area contributed by atoms with Gasteiger partial charge in [-0.2, -0.15) is 5.10 Å². The molecule has 0 atom stereocenters. The van der Waals surface area contributed by atoms with E-state index in [9.17, 15) is 13.6 Å². The second-order valence-corrected chi connectivity index (χ2v) is 3.09. The lowest BCUT2D eigenvalue weighted by atomic mass is 10.3. The maximum absolute atomic E-state index is 11.8. The summed E-state index contributed by atoms with van der Waals surface area (Å²) in [6.07, 6.45) is -0.845. The average Bonchev–Trinajstić information content (AvgIpc) is 2.46. The van der Waals surface area contributed by atoms with Crippen LogP contribution in [0.2, 0.25) is 0 Å². The molecule has 0 saturated carbocycles. The first-order valence-electron chi connectivity index (χ1n) is 4.41. The van der Waals surface area contributed by atoms with Gasteiger partial charge >= 0.3 is 0 Å². The summed E-state index contributed by atoms with van der Waals surface area (Å²) in [5.74, 6) is -0.722. The van der Waals surface area contributed by atoms with Gasteiger partial charge in [-0.1, -0.05) is 0 Å². The molecule has 15 heavy (non-hydrogen) atoms. The van der Waals surface area contributed by atoms with E-state index in [0.717, 1.165) is 0 Å². The maximum atomic E-state index is 11.8. The second-order valence-electron chi connectivity index (χ2n) is 3.09. The summed E-state index contributed by atoms with van der Waals surface area (Å²) in [5, 5.41) is 3.78. The van der Waals surface area contributed by atoms with Gasteiger partial charge < -0.3 is 11.5 Å². The second kappa shape index (κ2) is 4.72. The van der Waals surface area contributed by atoms with Crippen molar-refractivity contribution in [3.63, 3.8) is 0 Å². The molecule has 1 rings (SSSR count). The third-order valence-electron chi connectivity index (χ3n) is 1.83. The van der Waals surface area contributed by atoms with Crippen molar-refractivity contribution in [2.75, 3.05) is 5.73 Å². The van der Waals surface area contributed by atoms with Gasteiger partial charge in [0, 0.05) is 19.2 Å². The van der Waals surface area contributed by atoms with E-state index in [1.165, 1.54) is 10.9 Å². The number of nitrogens with zero attached hydrogens (tertiary/aromatic N) is 2. The van der Waals surface area contributed by atoms with E-state index in [0.29, 0.717) is 6.54 Å². The smallest absolute Gasteiger partial charge is 0.271 e. The monoisotopic (exact) mass is 218 g/mol. The highest BCUT2D eigenvalue weighted by atomic mass is 19.3. The summed E-state index contributed by atoms with van der Waals surface area (Å²) in [7, 11) is 0. The van der Waals surface area contributed by atoms with Crippen molar-refractivity contribution in [3.05, 3.63) is 11.9 Å². The number of rotatable bonds is 5. The largest absolute Gasteiger partial charge is 0.396 e. The summed E-state index contributed by atoms with van der Waals surface area (Å²) in [6, 6.07) is 0. The molecule has 0 fully saturated rings. The van der Waals surface area contributed by atoms with E-state index in [2.05, 4.69) is 5.10 Å². The zero-order valence-corrected chi connectivity index (χ0v) is 7.99. The molecule has 0 aliphatic heterocycles. The Bertz CT molecular complexity index is 350. The highest BCUT2D eigenvalue weighted by Gasteiger charge is 2.11. The number of nitrogen functional groups attached to an aromatic ring is 1. The summed E-state index contributed by atoms with van der Waals surface area (Å²) in [6.45, 7) is 0.293. The Morgan fingerprint density at radius 3 is 2.73 bits per heavy atom. The first-order valence-corrected chi connectivity index (χ1v) is 4.41. The lowest BCUT2D eigenvalue weighted by Gasteiger charge is -2.00. The highest BCUT2D eigenvalue weighted by molar-refractivity contribution is 5.95. The number of nitrogens with two attached hydrogens (primary N) is 2. The Balaban J connectivity index is 2.56. The van der Waals surface area contributed by atoms with Gasteiger partial charge in [-0.05, 0) is 6.42 Å². The zero-order chi connectivity index (χ0) is 11.4. The number of hydrogen-bond donors (Lipinski definition) is 2. The molecule has 0 saturated heterocycles. The normalized spacial score (nSPS) is 10.9. The summed E-state index contributed by atoms with van der Waals surface area (Å²) < 4.78 is 25.0. The van der Waals surface area contributed by atoms with Gasteiger partial charge in [0.25, 0.3) is 5.91 Å². The van der Waals surface area contributed by atoms with Crippen LogP contribution in [0.5, 0.6) is 0 Å². The number of primary amides is 1. The molecule has 0 unspecified atom stereocenters. The van der Waals surface area contributed by atoms with Crippen LogP contribution in [0.3, 0.4) is 0 Å². The van der Waals surface area contributed by atoms with Crippen LogP contribution in [0.25, 0.3) is 0 Å². The SMILES string of the molecule is NC(=O)c1nn(CCCC(F)F)cc1N. The van der Waals surface area contributed by atoms with Crippen molar-refractivity contribution in [3.8, 4) is 0 Å². The minimum absolute atomic E-state index is 0.0213. The summed E-state index contributed by atoms with van der Waals surface area (Å²) in [5.41, 5.74) is 10.6. The number of carbonyl (C=O) groups excluding carboxylic acids is 1. The van der Waals surface area contributed by atoms with Crippen LogP contribution in [0.4, 0.5) is 14.5 Å². The number of aryl methyl sites for hydroxylation is 1. The van der Waals surface area contributed by atoms with Crippen LogP contribution in [0.15, 0.2) is 6.20 Å². The molecule has 1 aromatic rings. The van der Waals surface area contributed by atoms with Gasteiger partial charge in [0.1, 0.15) is 0 Å². The molecule has 0 aromatic carbocycles. The quantitative estimate of drug-likeness (QED) is 0.759. The fraction of sp³-hybridized carbons (Fsp3) is 0.500. The molecule has 7 heteroatoms. The predicted octanol–water partition coefficient (Wildman–Crippen LogP) is 0.609. The molecule has 0 spiro atoms. The van der Waals surface area contributed by atoms with Gasteiger partial charge in [0.05, 0.1) is 5.69 Å². The maximum Gasteiger partial charge on any atom is 0.271 e. The molecule has 4 N–H and O–H groups in total. The van der Waals surface area contributed by atoms with Crippen molar-refractivity contribution in [2.24, 2.45) is 5.73 Å². The van der Waals surface area contributed by atoms with Crippen LogP contribution >= 0.6 is 0 Å². The molecule has 0 aliphatic rings. The lowest BCUT2D eigenvalue weighted by Crippen LogP contribution is -2.14. The van der Waals surface area contributed by atoms with E-state index in [1.807, 2.05) is 0 Å². The lowest BCUT2D eigenvalue weighted by molar-refractivity contribution is 0.0995. The van der Waals surface area contributed by atoms with Crippen molar-refractivity contribution < 1.29 is 13.6 Å². The topological polar surface area (TPSA) is 86.9 Å². The van der Waals surface area contributed by atoms with Crippen LogP contribution in [0.1, 0.15) is 23.3 Å². The first-order chi connectivity index (χ1) is 7.00. The molecule has 1 amide bonds. The third kappa shape index (κ3) is 3.19. The van der Waals surface area contributed by atoms with E-state index in [1.54, 1.807) is 0 Å². The van der Waals surface area contributed by atoms with Gasteiger partial charge in [-0.15, -0.1) is 0 Å². The number of alkyl halides is 2. The zero-order valence-electron chi connectivity index (χ0n) is 7.99. The Hall–Kier alpha value is -1.66. The van der Waals surface area contributed by atoms with Gasteiger partial charge in [-0.3, -0.25) is 9.48 Å². The van der Waals surface area contributed by atoms with E-state index in [4.69, 9.17) is 11.5 Å². The van der Waals surface area contributed by atoms with Gasteiger partial charge in [0.15, 0.2) is 5.69 Å². The molecular formula is C8H12F2N4O. The van der Waals surface area contributed by atoms with Crippen LogP contribution in [0, 0.1) is 0 Å². The molecule has 0 radical (unpaired) electrons. The van der Waals surface area contributed by atoms with Crippen molar-refractivity contribution in [1.82, 2.24) is 9.78 Å². The molecule has 0 bridgehead atoms. The Labute approximate surface area is 85.0 Å². The fourth-order valence-corrected chi connectivity index (χ4v) is 1.15. The van der Waals surface area contributed by atoms with Crippen LogP contribution in [-0.4, -0.2) is 22.1 Å². The first kappa shape index (κ1) is 11.4. The molecule has 84 valence electrons. The van der Waals surface area contributed by atoms with Gasteiger partial charge in [0.2, 0.25) is 6.43 Å². The van der Waals surface area contributed by atoms with Crippen molar-refractivity contribution >= 4 is 11.6 Å². The third-order valence-corrected chi connectivity index (χ3v) is 1.83. The van der Waals surface area contributed by atoms with Crippen LogP contribution in [-0.2, 0) is 6.54 Å². The molecule has 5 nitrogen and oxygen atoms in total. The predicted molar refractivity (Wildman–Crippen MR) is 50.4 cm³/mol. The van der Waals surface area contributed by atoms with E-state index < -0.39 is 12.3 Å². The minimum Gasteiger partial charge on any atom is -0.396 e. The number of anilines is 1. The molecule has 1 aromatic heterocycles. The number of hydrogen-bond acceptors (Lipinski definition) is 3. The molecular weight excluding hydrogens is 206 g/mol. The number of aromatic nitrogens is 2. The summed E-state index contributed by atoms with van der Waals surface area (Å²) in [4.78, 5) is 10.8. The highest BCUT2D eigenvalue weighted by Crippen LogP contribution is 2.10. The molecule has 0 aliphatic carbocycles. The minimum atomic E-state index is -2.33. The number of amides is 1. The number of halogens is 2. The Morgan fingerprint density at radius 2 is 2.27 bits per heavy atom.